The number of hydrogen-bond acceptors (Lipinski definition) is 4. The van der Waals surface area contributed by atoms with Crippen LogP contribution in [0.2, 0.25) is 0 Å². The van der Waals surface area contributed by atoms with Crippen molar-refractivity contribution in [1.82, 2.24) is 20.5 Å². The lowest BCUT2D eigenvalue weighted by Gasteiger charge is -2.16. The van der Waals surface area contributed by atoms with Crippen molar-refractivity contribution in [1.29, 1.82) is 0 Å². The van der Waals surface area contributed by atoms with Gasteiger partial charge in [0.2, 0.25) is 0 Å². The fraction of sp³-hybridized carbons (Fsp3) is 0.444. The van der Waals surface area contributed by atoms with E-state index in [-0.39, 0.29) is 24.0 Å². The first-order valence-electron chi connectivity index (χ1n) is 8.16. The van der Waals surface area contributed by atoms with E-state index in [2.05, 4.69) is 70.8 Å². The zero-order chi connectivity index (χ0) is 17.4. The zero-order valence-electron chi connectivity index (χ0n) is 15.4. The van der Waals surface area contributed by atoms with Gasteiger partial charge in [0, 0.05) is 44.2 Å². The summed E-state index contributed by atoms with van der Waals surface area (Å²) in [6, 6.07) is 8.51. The highest BCUT2D eigenvalue weighted by Gasteiger charge is 2.05. The maximum absolute atomic E-state index is 4.38. The molecule has 2 N–H and O–H groups in total. The van der Waals surface area contributed by atoms with E-state index in [4.69, 9.17) is 0 Å². The van der Waals surface area contributed by atoms with E-state index < -0.39 is 0 Å². The molecule has 5 nitrogen and oxygen atoms in total. The minimum absolute atomic E-state index is 0. The smallest absolute Gasteiger partial charge is 0.191 e. The van der Waals surface area contributed by atoms with E-state index in [1.165, 1.54) is 16.0 Å². The van der Waals surface area contributed by atoms with Crippen molar-refractivity contribution in [3.8, 4) is 0 Å². The van der Waals surface area contributed by atoms with E-state index >= 15 is 0 Å². The average molecular weight is 473 g/mol. The topological polar surface area (TPSA) is 52.6 Å². The van der Waals surface area contributed by atoms with E-state index in [1.807, 2.05) is 6.20 Å². The molecule has 1 aromatic carbocycles. The van der Waals surface area contributed by atoms with E-state index in [9.17, 15) is 0 Å². The van der Waals surface area contributed by atoms with Gasteiger partial charge in [0.05, 0.1) is 5.01 Å². The van der Waals surface area contributed by atoms with Gasteiger partial charge in [0.25, 0.3) is 0 Å². The van der Waals surface area contributed by atoms with Crippen LogP contribution >= 0.6 is 35.3 Å². The van der Waals surface area contributed by atoms with E-state index in [0.29, 0.717) is 0 Å². The fourth-order valence-electron chi connectivity index (χ4n) is 2.43. The summed E-state index contributed by atoms with van der Waals surface area (Å²) in [6.07, 6.45) is 2.84. The van der Waals surface area contributed by atoms with Gasteiger partial charge in [-0.3, -0.25) is 4.99 Å². The van der Waals surface area contributed by atoms with Gasteiger partial charge in [-0.1, -0.05) is 24.3 Å². The van der Waals surface area contributed by atoms with Crippen molar-refractivity contribution in [2.75, 3.05) is 27.7 Å². The van der Waals surface area contributed by atoms with Gasteiger partial charge in [0.15, 0.2) is 5.96 Å². The Morgan fingerprint density at radius 3 is 2.52 bits per heavy atom. The number of nitrogens with zero attached hydrogens (tertiary/aromatic N) is 3. The molecule has 0 saturated heterocycles. The Morgan fingerprint density at radius 2 is 1.92 bits per heavy atom. The monoisotopic (exact) mass is 473 g/mol. The van der Waals surface area contributed by atoms with Crippen LogP contribution in [0.25, 0.3) is 0 Å². The number of nitrogens with one attached hydrogen (secondary N) is 2. The lowest BCUT2D eigenvalue weighted by Crippen LogP contribution is -2.38. The number of aliphatic imine (C=N–C) groups is 1. The quantitative estimate of drug-likeness (QED) is 0.369. The van der Waals surface area contributed by atoms with Gasteiger partial charge in [-0.2, -0.15) is 0 Å². The third kappa shape index (κ3) is 7.70. The molecule has 0 amide bonds. The van der Waals surface area contributed by atoms with E-state index in [1.54, 1.807) is 18.4 Å². The van der Waals surface area contributed by atoms with Crippen LogP contribution in [0.5, 0.6) is 0 Å². The first-order valence-corrected chi connectivity index (χ1v) is 8.97. The van der Waals surface area contributed by atoms with Gasteiger partial charge in [-0.25, -0.2) is 4.98 Å². The Labute approximate surface area is 172 Å². The standard InChI is InChI=1S/C18H27N5S.HI/c1-14-11-21-17(24-14)9-10-20-18(19-2)22-12-15-7-5-6-8-16(15)13-23(3)4;/h5-8,11H,9-10,12-13H2,1-4H3,(H2,19,20,22);1H. The van der Waals surface area contributed by atoms with Gasteiger partial charge < -0.3 is 15.5 Å². The molecular weight excluding hydrogens is 445 g/mol. The summed E-state index contributed by atoms with van der Waals surface area (Å²) in [4.78, 5) is 12.1. The third-order valence-corrected chi connectivity index (χ3v) is 4.55. The van der Waals surface area contributed by atoms with Crippen LogP contribution in [0.4, 0.5) is 0 Å². The van der Waals surface area contributed by atoms with Crippen LogP contribution in [0, 0.1) is 6.92 Å². The minimum atomic E-state index is 0. The fourth-order valence-corrected chi connectivity index (χ4v) is 3.22. The molecule has 7 heteroatoms. The molecule has 0 aliphatic heterocycles. The number of halogens is 1. The summed E-state index contributed by atoms with van der Waals surface area (Å²) < 4.78 is 0. The number of benzene rings is 1. The summed E-state index contributed by atoms with van der Waals surface area (Å²) in [6.45, 7) is 4.61. The maximum Gasteiger partial charge on any atom is 0.191 e. The van der Waals surface area contributed by atoms with Crippen molar-refractivity contribution in [3.05, 3.63) is 51.5 Å². The second-order valence-corrected chi connectivity index (χ2v) is 7.29. The molecule has 0 saturated carbocycles. The average Bonchev–Trinajstić information content (AvgIpc) is 2.97. The largest absolute Gasteiger partial charge is 0.356 e. The Morgan fingerprint density at radius 1 is 1.20 bits per heavy atom. The Hall–Kier alpha value is -1.19. The Kier molecular flexibility index (Phi) is 9.99. The van der Waals surface area contributed by atoms with Crippen LogP contribution in [0.1, 0.15) is 21.0 Å². The normalized spacial score (nSPS) is 11.3. The first kappa shape index (κ1) is 21.9. The zero-order valence-corrected chi connectivity index (χ0v) is 18.5. The van der Waals surface area contributed by atoms with Gasteiger partial charge in [-0.05, 0) is 32.1 Å². The summed E-state index contributed by atoms with van der Waals surface area (Å²) in [5.41, 5.74) is 2.63. The molecule has 0 bridgehead atoms. The molecule has 1 aromatic heterocycles. The molecular formula is C18H28IN5S. The molecule has 0 aliphatic carbocycles. The van der Waals surface area contributed by atoms with Crippen LogP contribution in [0.15, 0.2) is 35.5 Å². The highest BCUT2D eigenvalue weighted by molar-refractivity contribution is 14.0. The predicted octanol–water partition coefficient (Wildman–Crippen LogP) is 3.04. The molecule has 138 valence electrons. The number of hydrogen-bond donors (Lipinski definition) is 2. The molecule has 0 fully saturated rings. The maximum atomic E-state index is 4.38. The minimum Gasteiger partial charge on any atom is -0.356 e. The summed E-state index contributed by atoms with van der Waals surface area (Å²) in [7, 11) is 5.98. The van der Waals surface area contributed by atoms with Gasteiger partial charge in [-0.15, -0.1) is 35.3 Å². The molecule has 0 radical (unpaired) electrons. The second kappa shape index (κ2) is 11.4. The lowest BCUT2D eigenvalue weighted by atomic mass is 10.1. The van der Waals surface area contributed by atoms with Crippen LogP contribution in [-0.4, -0.2) is 43.5 Å². The SMILES string of the molecule is CN=C(NCCc1ncc(C)s1)NCc1ccccc1CN(C)C.I. The van der Waals surface area contributed by atoms with Crippen molar-refractivity contribution < 1.29 is 0 Å². The third-order valence-electron chi connectivity index (χ3n) is 3.58. The van der Waals surface area contributed by atoms with Crippen LogP contribution < -0.4 is 10.6 Å². The molecule has 0 atom stereocenters. The number of thiazole rings is 1. The molecule has 1 heterocycles. The van der Waals surface area contributed by atoms with Crippen molar-refractivity contribution in [2.45, 2.75) is 26.4 Å². The molecule has 0 unspecified atom stereocenters. The van der Waals surface area contributed by atoms with E-state index in [0.717, 1.165) is 37.0 Å². The summed E-state index contributed by atoms with van der Waals surface area (Å²) >= 11 is 1.75. The highest BCUT2D eigenvalue weighted by atomic mass is 127. The van der Waals surface area contributed by atoms with Crippen molar-refractivity contribution >= 4 is 41.3 Å². The molecule has 2 rings (SSSR count). The summed E-state index contributed by atoms with van der Waals surface area (Å²) in [5.74, 6) is 0.822. The molecule has 0 spiro atoms. The number of rotatable bonds is 7. The molecule has 0 aliphatic rings. The first-order chi connectivity index (χ1) is 11.6. The van der Waals surface area contributed by atoms with Crippen molar-refractivity contribution in [3.63, 3.8) is 0 Å². The lowest BCUT2D eigenvalue weighted by molar-refractivity contribution is 0.400. The van der Waals surface area contributed by atoms with Crippen molar-refractivity contribution in [2.24, 2.45) is 4.99 Å². The molecule has 25 heavy (non-hydrogen) atoms. The number of aryl methyl sites for hydroxylation is 1. The Balaban J connectivity index is 0.00000312. The van der Waals surface area contributed by atoms with Crippen LogP contribution in [-0.2, 0) is 19.5 Å². The molecule has 2 aromatic rings. The van der Waals surface area contributed by atoms with Gasteiger partial charge in [0.1, 0.15) is 0 Å². The van der Waals surface area contributed by atoms with Crippen LogP contribution in [0.3, 0.4) is 0 Å². The number of guanidine groups is 1. The predicted molar refractivity (Wildman–Crippen MR) is 118 cm³/mol. The summed E-state index contributed by atoms with van der Waals surface area (Å²) in [5, 5.41) is 7.91. The number of aromatic nitrogens is 1. The Bertz CT molecular complexity index is 669. The highest BCUT2D eigenvalue weighted by Crippen LogP contribution is 2.11. The van der Waals surface area contributed by atoms with Gasteiger partial charge >= 0.3 is 0 Å². The second-order valence-electron chi connectivity index (χ2n) is 5.97.